The van der Waals surface area contributed by atoms with Gasteiger partial charge in [0.15, 0.2) is 0 Å². The van der Waals surface area contributed by atoms with Crippen LogP contribution in [0.3, 0.4) is 0 Å². The number of hydrogen-bond donors (Lipinski definition) is 3. The first kappa shape index (κ1) is 19.5. The van der Waals surface area contributed by atoms with Crippen LogP contribution in [0.1, 0.15) is 62.8 Å². The van der Waals surface area contributed by atoms with E-state index in [0.717, 1.165) is 19.3 Å². The molecule has 2 heterocycles. The van der Waals surface area contributed by atoms with Gasteiger partial charge in [-0.05, 0) is 81.3 Å². The fourth-order valence-electron chi connectivity index (χ4n) is 6.78. The van der Waals surface area contributed by atoms with Crippen molar-refractivity contribution in [2.75, 3.05) is 0 Å². The van der Waals surface area contributed by atoms with Crippen LogP contribution in [0.25, 0.3) is 0 Å². The summed E-state index contributed by atoms with van der Waals surface area (Å²) < 4.78 is 8.74. The molecule has 0 aromatic carbocycles. The smallest absolute Gasteiger partial charge is 0.332 e. The number of carbonyl (C=O) groups excluding carboxylic acids is 1. The molecule has 6 rings (SSSR count). The lowest BCUT2D eigenvalue weighted by molar-refractivity contribution is -0.129. The van der Waals surface area contributed by atoms with Crippen molar-refractivity contribution < 1.29 is 19.5 Å². The Hall–Kier alpha value is -2.48. The second kappa shape index (κ2) is 7.34. The summed E-state index contributed by atoms with van der Waals surface area (Å²) in [5.41, 5.74) is 1.69. The van der Waals surface area contributed by atoms with Crippen molar-refractivity contribution in [2.24, 2.45) is 17.8 Å². The summed E-state index contributed by atoms with van der Waals surface area (Å²) in [6.45, 7) is 0.250. The normalized spacial score (nSPS) is 29.4. The number of rotatable bonds is 7. The molecular weight excluding hydrogens is 386 g/mol. The molecule has 2 aromatic rings. The standard InChI is InChI=1S/C22H29N3O5/c26-19(23-29)5-1-4-18-20(27)25(21(28)24(18)13-17-3-2-6-30-17)22-10-14-7-15(11-22)9-16(8-14)12-22/h2-3,6,14-16,27,29H,1,4-5,7-13H2,(H,23,26). The van der Waals surface area contributed by atoms with Gasteiger partial charge < -0.3 is 9.52 Å². The molecule has 162 valence electrons. The highest BCUT2D eigenvalue weighted by molar-refractivity contribution is 5.74. The van der Waals surface area contributed by atoms with Crippen molar-refractivity contribution in [1.29, 1.82) is 0 Å². The zero-order chi connectivity index (χ0) is 20.9. The number of hydroxylamine groups is 1. The lowest BCUT2D eigenvalue weighted by Crippen LogP contribution is -2.54. The number of nitrogens with one attached hydrogen (secondary N) is 1. The van der Waals surface area contributed by atoms with Crippen molar-refractivity contribution in [1.82, 2.24) is 14.6 Å². The highest BCUT2D eigenvalue weighted by Crippen LogP contribution is 2.59. The van der Waals surface area contributed by atoms with Crippen LogP contribution in [-0.4, -0.2) is 25.4 Å². The fraction of sp³-hybridized carbons (Fsp3) is 0.636. The largest absolute Gasteiger partial charge is 0.493 e. The summed E-state index contributed by atoms with van der Waals surface area (Å²) in [4.78, 5) is 25.0. The summed E-state index contributed by atoms with van der Waals surface area (Å²) in [6.07, 6.45) is 9.13. The van der Waals surface area contributed by atoms with Crippen molar-refractivity contribution >= 4 is 5.91 Å². The number of amides is 1. The molecular formula is C22H29N3O5. The van der Waals surface area contributed by atoms with Gasteiger partial charge in [0.1, 0.15) is 5.76 Å². The molecule has 0 spiro atoms. The van der Waals surface area contributed by atoms with Gasteiger partial charge in [-0.2, -0.15) is 0 Å². The van der Waals surface area contributed by atoms with Crippen molar-refractivity contribution in [3.63, 3.8) is 0 Å². The van der Waals surface area contributed by atoms with E-state index < -0.39 is 5.91 Å². The van der Waals surface area contributed by atoms with E-state index >= 15 is 0 Å². The Kier molecular flexibility index (Phi) is 4.76. The van der Waals surface area contributed by atoms with Crippen LogP contribution in [0.4, 0.5) is 0 Å². The SMILES string of the molecule is O=C(CCCc1c(O)n(C23CC4CC(CC(C4)C2)C3)c(=O)n1Cc1ccco1)NO. The lowest BCUT2D eigenvalue weighted by Gasteiger charge is -2.56. The number of imidazole rings is 1. The molecule has 4 bridgehead atoms. The molecule has 4 fully saturated rings. The average molecular weight is 415 g/mol. The Labute approximate surface area is 174 Å². The van der Waals surface area contributed by atoms with E-state index in [1.54, 1.807) is 26.9 Å². The van der Waals surface area contributed by atoms with Gasteiger partial charge in [0, 0.05) is 6.42 Å². The van der Waals surface area contributed by atoms with E-state index in [1.165, 1.54) is 19.3 Å². The molecule has 0 atom stereocenters. The minimum absolute atomic E-state index is 0.0397. The Bertz CT molecular complexity index is 952. The van der Waals surface area contributed by atoms with E-state index in [0.29, 0.717) is 42.0 Å². The second-order valence-corrected chi connectivity index (χ2v) is 9.58. The molecule has 0 aliphatic heterocycles. The number of aromatic hydroxyl groups is 1. The molecule has 4 aliphatic carbocycles. The van der Waals surface area contributed by atoms with Crippen LogP contribution in [0.2, 0.25) is 0 Å². The van der Waals surface area contributed by atoms with Gasteiger partial charge in [-0.1, -0.05) is 0 Å². The molecule has 0 saturated heterocycles. The number of nitrogens with zero attached hydrogens (tertiary/aromatic N) is 2. The molecule has 3 N–H and O–H groups in total. The minimum Gasteiger partial charge on any atom is -0.493 e. The molecule has 1 amide bonds. The maximum Gasteiger partial charge on any atom is 0.332 e. The zero-order valence-corrected chi connectivity index (χ0v) is 17.0. The first-order valence-corrected chi connectivity index (χ1v) is 11.0. The molecule has 8 nitrogen and oxygen atoms in total. The van der Waals surface area contributed by atoms with E-state index in [1.807, 2.05) is 6.07 Å². The zero-order valence-electron chi connectivity index (χ0n) is 17.0. The van der Waals surface area contributed by atoms with Crippen LogP contribution in [-0.2, 0) is 23.3 Å². The molecule has 8 heteroatoms. The van der Waals surface area contributed by atoms with Crippen LogP contribution in [0, 0.1) is 17.8 Å². The lowest BCUT2D eigenvalue weighted by atomic mass is 9.53. The van der Waals surface area contributed by atoms with E-state index in [4.69, 9.17) is 9.62 Å². The van der Waals surface area contributed by atoms with E-state index in [9.17, 15) is 14.7 Å². The minimum atomic E-state index is -0.477. The first-order chi connectivity index (χ1) is 14.5. The molecule has 4 saturated carbocycles. The van der Waals surface area contributed by atoms with Crippen LogP contribution in [0.15, 0.2) is 27.6 Å². The summed E-state index contributed by atoms with van der Waals surface area (Å²) in [5.74, 6) is 2.15. The maximum absolute atomic E-state index is 13.6. The summed E-state index contributed by atoms with van der Waals surface area (Å²) in [7, 11) is 0. The van der Waals surface area contributed by atoms with Gasteiger partial charge in [0.25, 0.3) is 0 Å². The van der Waals surface area contributed by atoms with Crippen LogP contribution in [0.5, 0.6) is 5.88 Å². The third kappa shape index (κ3) is 3.17. The van der Waals surface area contributed by atoms with Gasteiger partial charge in [0.2, 0.25) is 11.8 Å². The third-order valence-electron chi connectivity index (χ3n) is 7.53. The van der Waals surface area contributed by atoms with Crippen molar-refractivity contribution in [2.45, 2.75) is 69.9 Å². The Balaban J connectivity index is 1.53. The summed E-state index contributed by atoms with van der Waals surface area (Å²) in [5, 5.41) is 20.0. The van der Waals surface area contributed by atoms with Gasteiger partial charge in [0.05, 0.1) is 24.0 Å². The number of furan rings is 1. The fourth-order valence-corrected chi connectivity index (χ4v) is 6.78. The predicted molar refractivity (Wildman–Crippen MR) is 107 cm³/mol. The number of aromatic nitrogens is 2. The predicted octanol–water partition coefficient (Wildman–Crippen LogP) is 2.75. The summed E-state index contributed by atoms with van der Waals surface area (Å²) in [6, 6.07) is 3.59. The van der Waals surface area contributed by atoms with Gasteiger partial charge in [-0.25, -0.2) is 10.3 Å². The number of hydrogen-bond acceptors (Lipinski definition) is 5. The molecule has 30 heavy (non-hydrogen) atoms. The maximum atomic E-state index is 13.6. The third-order valence-corrected chi connectivity index (χ3v) is 7.53. The van der Waals surface area contributed by atoms with Gasteiger partial charge in [-0.15, -0.1) is 0 Å². The second-order valence-electron chi connectivity index (χ2n) is 9.58. The molecule has 2 aromatic heterocycles. The highest BCUT2D eigenvalue weighted by atomic mass is 16.5. The molecule has 0 unspecified atom stereocenters. The Morgan fingerprint density at radius 2 is 1.87 bits per heavy atom. The van der Waals surface area contributed by atoms with Gasteiger partial charge in [-0.3, -0.25) is 19.1 Å². The van der Waals surface area contributed by atoms with Gasteiger partial charge >= 0.3 is 5.69 Å². The monoisotopic (exact) mass is 415 g/mol. The first-order valence-electron chi connectivity index (χ1n) is 11.0. The Morgan fingerprint density at radius 3 is 2.43 bits per heavy atom. The highest BCUT2D eigenvalue weighted by Gasteiger charge is 2.53. The molecule has 4 aliphatic rings. The number of carbonyl (C=O) groups is 1. The topological polar surface area (TPSA) is 110 Å². The van der Waals surface area contributed by atoms with E-state index in [2.05, 4.69) is 0 Å². The van der Waals surface area contributed by atoms with Crippen molar-refractivity contribution in [3.8, 4) is 5.88 Å². The summed E-state index contributed by atoms with van der Waals surface area (Å²) >= 11 is 0. The van der Waals surface area contributed by atoms with Crippen LogP contribution >= 0.6 is 0 Å². The molecule has 0 radical (unpaired) electrons. The quantitative estimate of drug-likeness (QED) is 0.476. The Morgan fingerprint density at radius 1 is 1.20 bits per heavy atom. The van der Waals surface area contributed by atoms with Crippen molar-refractivity contribution in [3.05, 3.63) is 40.3 Å². The van der Waals surface area contributed by atoms with E-state index in [-0.39, 0.29) is 30.1 Å². The van der Waals surface area contributed by atoms with Crippen LogP contribution < -0.4 is 11.2 Å². The average Bonchev–Trinajstić information content (AvgIpc) is 3.29.